The minimum atomic E-state index is -4.04. The third kappa shape index (κ3) is 6.95. The quantitative estimate of drug-likeness (QED) is 0.472. The second-order valence-corrected chi connectivity index (χ2v) is 15.9. The van der Waals surface area contributed by atoms with Crippen LogP contribution in [0.15, 0.2) is 59.5 Å². The van der Waals surface area contributed by atoms with E-state index in [1.165, 1.54) is 29.4 Å². The second kappa shape index (κ2) is 11.2. The molecule has 0 aromatic heterocycles. The highest BCUT2D eigenvalue weighted by Gasteiger charge is 2.40. The van der Waals surface area contributed by atoms with Crippen LogP contribution in [0.5, 0.6) is 0 Å². The second-order valence-electron chi connectivity index (χ2n) is 9.91. The zero-order valence-electron chi connectivity index (χ0n) is 21.3. The van der Waals surface area contributed by atoms with E-state index in [1.54, 1.807) is 11.0 Å². The first-order chi connectivity index (χ1) is 17.7. The molecule has 13 heteroatoms. The molecule has 0 bridgehead atoms. The van der Waals surface area contributed by atoms with E-state index >= 15 is 0 Å². The minimum absolute atomic E-state index is 0.00310. The fourth-order valence-electron chi connectivity index (χ4n) is 5.00. The minimum Gasteiger partial charge on any atom is -0.339 e. The average molecular weight is 587 g/mol. The molecule has 38 heavy (non-hydrogen) atoms. The Bertz CT molecular complexity index is 1360. The van der Waals surface area contributed by atoms with Crippen molar-refractivity contribution in [2.45, 2.75) is 30.3 Å². The Morgan fingerprint density at radius 2 is 1.66 bits per heavy atom. The summed E-state index contributed by atoms with van der Waals surface area (Å²) in [6, 6.07) is 15.5. The van der Waals surface area contributed by atoms with Crippen LogP contribution in [-0.2, 0) is 29.1 Å². The molecule has 2 heterocycles. The van der Waals surface area contributed by atoms with E-state index in [1.807, 2.05) is 30.3 Å². The van der Waals surface area contributed by atoms with Gasteiger partial charge in [-0.1, -0.05) is 42.5 Å². The van der Waals surface area contributed by atoms with Crippen LogP contribution in [0.4, 0.5) is 0 Å². The predicted molar refractivity (Wildman–Crippen MR) is 146 cm³/mol. The lowest BCUT2D eigenvalue weighted by Crippen LogP contribution is -2.51. The number of benzene rings is 2. The summed E-state index contributed by atoms with van der Waals surface area (Å²) in [6.07, 6.45) is 0.531. The van der Waals surface area contributed by atoms with Crippen LogP contribution in [0.2, 0.25) is 0 Å². The Labute approximate surface area is 226 Å². The van der Waals surface area contributed by atoms with Gasteiger partial charge in [0.1, 0.15) is 0 Å². The maximum absolute atomic E-state index is 13.8. The Hall–Kier alpha value is -2.00. The van der Waals surface area contributed by atoms with Gasteiger partial charge in [0.15, 0.2) is 0 Å². The number of piperidine rings is 1. The van der Waals surface area contributed by atoms with Gasteiger partial charge >= 0.3 is 0 Å². The topological polar surface area (TPSA) is 142 Å². The first-order valence-corrected chi connectivity index (χ1v) is 17.4. The zero-order valence-corrected chi connectivity index (χ0v) is 23.8. The van der Waals surface area contributed by atoms with Crippen molar-refractivity contribution >= 4 is 36.6 Å². The van der Waals surface area contributed by atoms with Crippen LogP contribution < -0.4 is 0 Å². The summed E-state index contributed by atoms with van der Waals surface area (Å²) in [5, 5.41) is 0. The molecule has 4 rings (SSSR count). The summed E-state index contributed by atoms with van der Waals surface area (Å²) >= 11 is 0. The van der Waals surface area contributed by atoms with Crippen molar-refractivity contribution in [3.8, 4) is 0 Å². The van der Waals surface area contributed by atoms with E-state index in [9.17, 15) is 30.7 Å². The van der Waals surface area contributed by atoms with Gasteiger partial charge in [-0.05, 0) is 42.5 Å². The molecular weight excluding hydrogens is 552 g/mol. The first kappa shape index (κ1) is 29.0. The largest absolute Gasteiger partial charge is 0.339 e. The number of sulfonamides is 1. The summed E-state index contributed by atoms with van der Waals surface area (Å²) in [5.41, 5.74) is 1.33. The fraction of sp³-hybridized carbons (Fsp3) is 0.480. The van der Waals surface area contributed by atoms with Crippen LogP contribution >= 0.6 is 10.6 Å². The number of hydrogen-bond donors (Lipinski definition) is 2. The maximum atomic E-state index is 13.8. The zero-order chi connectivity index (χ0) is 27.7. The Morgan fingerprint density at radius 1 is 1.00 bits per heavy atom. The highest BCUT2D eigenvalue weighted by molar-refractivity contribution is 8.24. The highest BCUT2D eigenvalue weighted by Crippen LogP contribution is 2.41. The molecule has 210 valence electrons. The lowest BCUT2D eigenvalue weighted by atomic mass is 9.85. The van der Waals surface area contributed by atoms with E-state index < -0.39 is 42.8 Å². The van der Waals surface area contributed by atoms with Crippen molar-refractivity contribution in [2.24, 2.45) is 5.92 Å². The molecule has 2 aromatic rings. The van der Waals surface area contributed by atoms with Crippen molar-refractivity contribution in [2.75, 3.05) is 43.9 Å². The number of amides is 1. The number of carbonyl (C=O) groups is 1. The highest BCUT2D eigenvalue weighted by atomic mass is 32.3. The Morgan fingerprint density at radius 3 is 2.29 bits per heavy atom. The molecule has 0 radical (unpaired) electrons. The Kier molecular flexibility index (Phi) is 8.58. The molecule has 3 atom stereocenters. The van der Waals surface area contributed by atoms with Crippen LogP contribution in [0.1, 0.15) is 36.5 Å². The molecule has 2 N–H and O–H groups in total. The predicted octanol–water partition coefficient (Wildman–Crippen LogP) is 3.11. The lowest BCUT2D eigenvalue weighted by molar-refractivity contribution is -0.136. The van der Waals surface area contributed by atoms with Crippen LogP contribution in [0, 0.1) is 5.92 Å². The summed E-state index contributed by atoms with van der Waals surface area (Å²) in [7, 11) is -10.5. The van der Waals surface area contributed by atoms with Gasteiger partial charge in [0.2, 0.25) is 15.9 Å². The summed E-state index contributed by atoms with van der Waals surface area (Å²) in [5.74, 6) is -0.759. The first-order valence-electron chi connectivity index (χ1n) is 12.3. The Balaban J connectivity index is 1.62. The molecule has 3 unspecified atom stereocenters. The molecule has 1 amide bonds. The summed E-state index contributed by atoms with van der Waals surface area (Å²) in [4.78, 5) is 15.1. The third-order valence-electron chi connectivity index (χ3n) is 7.01. The van der Waals surface area contributed by atoms with Crippen molar-refractivity contribution < 1.29 is 34.9 Å². The van der Waals surface area contributed by atoms with E-state index in [0.29, 0.717) is 12.0 Å². The summed E-state index contributed by atoms with van der Waals surface area (Å²) in [6.45, 7) is 2.16. The molecule has 2 aliphatic rings. The van der Waals surface area contributed by atoms with E-state index in [0.717, 1.165) is 11.8 Å². The van der Waals surface area contributed by atoms with Crippen molar-refractivity contribution in [3.05, 3.63) is 65.7 Å². The SMILES string of the molecule is CC(OS(C)(=O)=O)c1cccc(S(=O)(=O)N2CC(C(=O)N3CCS(O)(O)CC3)CC(c3ccccc3)C2)c1. The number of carbonyl (C=O) groups excluding carboxylic acids is 1. The van der Waals surface area contributed by atoms with E-state index in [-0.39, 0.29) is 54.4 Å². The van der Waals surface area contributed by atoms with E-state index in [4.69, 9.17) is 4.18 Å². The van der Waals surface area contributed by atoms with Gasteiger partial charge in [0.25, 0.3) is 10.1 Å². The molecule has 2 aromatic carbocycles. The van der Waals surface area contributed by atoms with Gasteiger partial charge in [-0.15, -0.1) is 0 Å². The molecule has 10 nitrogen and oxygen atoms in total. The number of rotatable bonds is 7. The van der Waals surface area contributed by atoms with Crippen molar-refractivity contribution in [1.29, 1.82) is 0 Å². The monoisotopic (exact) mass is 586 g/mol. The molecule has 0 aliphatic carbocycles. The molecular formula is C25H34N2O8S3. The van der Waals surface area contributed by atoms with Crippen molar-refractivity contribution in [3.63, 3.8) is 0 Å². The average Bonchev–Trinajstić information content (AvgIpc) is 2.87. The van der Waals surface area contributed by atoms with E-state index in [2.05, 4.69) is 0 Å². The van der Waals surface area contributed by atoms with Crippen LogP contribution in [0.3, 0.4) is 0 Å². The molecule has 2 saturated heterocycles. The number of hydrogen-bond acceptors (Lipinski definition) is 8. The molecule has 0 saturated carbocycles. The van der Waals surface area contributed by atoms with Gasteiger partial charge < -0.3 is 4.90 Å². The van der Waals surface area contributed by atoms with Gasteiger partial charge in [0, 0.05) is 26.2 Å². The van der Waals surface area contributed by atoms with Gasteiger partial charge in [-0.25, -0.2) is 8.42 Å². The van der Waals surface area contributed by atoms with Gasteiger partial charge in [-0.3, -0.25) is 18.1 Å². The molecule has 2 aliphatic heterocycles. The normalized spacial score (nSPS) is 24.5. The van der Waals surface area contributed by atoms with Crippen molar-refractivity contribution in [1.82, 2.24) is 9.21 Å². The standard InChI is InChI=1S/C25H34N2O8S3/c1-19(35-36(2,29)30)21-9-6-10-24(16-21)38(33,34)27-17-22(20-7-4-3-5-8-20)15-23(18-27)25(28)26-11-13-37(31,32)14-12-26/h3-10,16,19,22-23,31-32H,11-15,17-18H2,1-2H3. The molecule has 0 spiro atoms. The fourth-order valence-corrected chi connectivity index (χ4v) is 8.45. The van der Waals surface area contributed by atoms with Crippen LogP contribution in [-0.4, -0.2) is 85.0 Å². The summed E-state index contributed by atoms with van der Waals surface area (Å²) < 4.78 is 77.0. The molecule has 2 fully saturated rings. The van der Waals surface area contributed by atoms with Crippen LogP contribution in [0.25, 0.3) is 0 Å². The number of nitrogens with zero attached hydrogens (tertiary/aromatic N) is 2. The van der Waals surface area contributed by atoms with Gasteiger partial charge in [0.05, 0.1) is 34.7 Å². The maximum Gasteiger partial charge on any atom is 0.264 e. The third-order valence-corrected chi connectivity index (χ3v) is 11.1. The smallest absolute Gasteiger partial charge is 0.264 e. The van der Waals surface area contributed by atoms with Gasteiger partial charge in [-0.2, -0.15) is 23.3 Å². The lowest BCUT2D eigenvalue weighted by Gasteiger charge is -2.43.